The molecule has 9 heteroatoms. The number of aliphatic imine (C=N–C) groups is 1. The number of nitrogens with zero attached hydrogens (tertiary/aromatic N) is 2. The highest BCUT2D eigenvalue weighted by molar-refractivity contribution is 7.92. The van der Waals surface area contributed by atoms with Crippen LogP contribution in [0, 0.1) is 6.92 Å². The first-order valence-corrected chi connectivity index (χ1v) is 9.28. The van der Waals surface area contributed by atoms with Crippen molar-refractivity contribution in [3.8, 4) is 5.75 Å². The zero-order valence-electron chi connectivity index (χ0n) is 13.5. The van der Waals surface area contributed by atoms with Crippen LogP contribution in [0.25, 0.3) is 0 Å². The van der Waals surface area contributed by atoms with Gasteiger partial charge in [0, 0.05) is 22.9 Å². The lowest BCUT2D eigenvalue weighted by Gasteiger charge is -2.05. The number of halogens is 1. The fourth-order valence-corrected chi connectivity index (χ4v) is 3.26. The maximum absolute atomic E-state index is 12.3. The number of hydrogen-bond donors (Lipinski definition) is 2. The summed E-state index contributed by atoms with van der Waals surface area (Å²) in [6.45, 7) is 1.66. The molecule has 3 aromatic rings. The zero-order valence-corrected chi connectivity index (χ0v) is 15.1. The van der Waals surface area contributed by atoms with Gasteiger partial charge in [-0.05, 0) is 49.4 Å². The van der Waals surface area contributed by atoms with Gasteiger partial charge in [-0.25, -0.2) is 8.42 Å². The predicted molar refractivity (Wildman–Crippen MR) is 98.9 cm³/mol. The normalized spacial score (nSPS) is 11.8. The van der Waals surface area contributed by atoms with Gasteiger partial charge in [0.1, 0.15) is 11.5 Å². The Morgan fingerprint density at radius 3 is 2.58 bits per heavy atom. The van der Waals surface area contributed by atoms with E-state index in [0.717, 1.165) is 0 Å². The molecule has 0 fully saturated rings. The molecule has 0 aliphatic carbocycles. The molecule has 3 rings (SSSR count). The molecular weight excluding hydrogens is 378 g/mol. The number of benzene rings is 2. The van der Waals surface area contributed by atoms with E-state index in [1.165, 1.54) is 30.5 Å². The van der Waals surface area contributed by atoms with Crippen molar-refractivity contribution in [3.05, 3.63) is 64.9 Å². The van der Waals surface area contributed by atoms with Gasteiger partial charge < -0.3 is 9.63 Å². The number of phenols is 1. The number of aromatic nitrogens is 1. The molecule has 0 aliphatic rings. The summed E-state index contributed by atoms with van der Waals surface area (Å²) in [5, 5.41) is 13.8. The Hall–Kier alpha value is -2.84. The Morgan fingerprint density at radius 1 is 1.19 bits per heavy atom. The zero-order chi connectivity index (χ0) is 18.7. The molecule has 0 bridgehead atoms. The molecule has 0 radical (unpaired) electrons. The summed E-state index contributed by atoms with van der Waals surface area (Å²) < 4.78 is 31.8. The SMILES string of the molecule is Cc1cc(NS(=O)(=O)c2ccc(N=Cc3cc(Cl)ccc3O)cc2)no1. The third-order valence-electron chi connectivity index (χ3n) is 3.36. The minimum Gasteiger partial charge on any atom is -0.507 e. The van der Waals surface area contributed by atoms with E-state index < -0.39 is 10.0 Å². The van der Waals surface area contributed by atoms with Crippen molar-refractivity contribution in [2.45, 2.75) is 11.8 Å². The standard InChI is InChI=1S/C17H14ClN3O4S/c1-11-8-17(20-25-11)21-26(23,24)15-5-3-14(4-6-15)19-10-12-9-13(18)2-7-16(12)22/h2-10,22H,1H3,(H,20,21). The van der Waals surface area contributed by atoms with Crippen LogP contribution in [0.5, 0.6) is 5.75 Å². The molecule has 0 atom stereocenters. The van der Waals surface area contributed by atoms with Crippen LogP contribution in [0.15, 0.2) is 62.9 Å². The van der Waals surface area contributed by atoms with Gasteiger partial charge in [0.05, 0.1) is 10.6 Å². The van der Waals surface area contributed by atoms with Crippen LogP contribution in [0.4, 0.5) is 11.5 Å². The number of anilines is 1. The molecule has 26 heavy (non-hydrogen) atoms. The minimum absolute atomic E-state index is 0.0458. The summed E-state index contributed by atoms with van der Waals surface area (Å²) in [6.07, 6.45) is 1.45. The lowest BCUT2D eigenvalue weighted by Crippen LogP contribution is -2.12. The third kappa shape index (κ3) is 4.22. The molecule has 0 saturated carbocycles. The van der Waals surface area contributed by atoms with Gasteiger partial charge >= 0.3 is 0 Å². The van der Waals surface area contributed by atoms with Crippen LogP contribution < -0.4 is 4.72 Å². The van der Waals surface area contributed by atoms with Crippen LogP contribution in [-0.4, -0.2) is 24.9 Å². The number of aromatic hydroxyl groups is 1. The fourth-order valence-electron chi connectivity index (χ4n) is 2.10. The maximum atomic E-state index is 12.3. The first kappa shape index (κ1) is 18.0. The number of nitrogens with one attached hydrogen (secondary N) is 1. The molecule has 0 spiro atoms. The van der Waals surface area contributed by atoms with Crippen molar-refractivity contribution in [3.63, 3.8) is 0 Å². The van der Waals surface area contributed by atoms with E-state index in [4.69, 9.17) is 16.1 Å². The fraction of sp³-hybridized carbons (Fsp3) is 0.0588. The summed E-state index contributed by atoms with van der Waals surface area (Å²) >= 11 is 5.88. The first-order chi connectivity index (χ1) is 12.3. The van der Waals surface area contributed by atoms with Crippen LogP contribution >= 0.6 is 11.6 Å². The van der Waals surface area contributed by atoms with Gasteiger partial charge in [0.25, 0.3) is 10.0 Å². The van der Waals surface area contributed by atoms with Crippen LogP contribution in [-0.2, 0) is 10.0 Å². The van der Waals surface area contributed by atoms with Crippen LogP contribution in [0.3, 0.4) is 0 Å². The summed E-state index contributed by atoms with van der Waals surface area (Å²) in [5.41, 5.74) is 0.970. The summed E-state index contributed by atoms with van der Waals surface area (Å²) in [4.78, 5) is 4.26. The van der Waals surface area contributed by atoms with Crippen molar-refractivity contribution >= 4 is 39.3 Å². The second-order valence-electron chi connectivity index (χ2n) is 5.38. The predicted octanol–water partition coefficient (Wildman–Crippen LogP) is 3.89. The van der Waals surface area contributed by atoms with Gasteiger partial charge in [-0.1, -0.05) is 16.8 Å². The Bertz CT molecular complexity index is 1060. The molecular formula is C17H14ClN3O4S. The highest BCUT2D eigenvalue weighted by Gasteiger charge is 2.16. The van der Waals surface area contributed by atoms with Crippen molar-refractivity contribution in [1.82, 2.24) is 5.16 Å². The molecule has 0 aliphatic heterocycles. The topological polar surface area (TPSA) is 105 Å². The number of aryl methyl sites for hydroxylation is 1. The molecule has 2 N–H and O–H groups in total. The van der Waals surface area contributed by atoms with Crippen LogP contribution in [0.1, 0.15) is 11.3 Å². The monoisotopic (exact) mass is 391 g/mol. The molecule has 1 heterocycles. The number of rotatable bonds is 5. The molecule has 1 aromatic heterocycles. The molecule has 0 saturated heterocycles. The highest BCUT2D eigenvalue weighted by Crippen LogP contribution is 2.22. The first-order valence-electron chi connectivity index (χ1n) is 7.42. The maximum Gasteiger partial charge on any atom is 0.263 e. The lowest BCUT2D eigenvalue weighted by molar-refractivity contribution is 0.400. The van der Waals surface area contributed by atoms with E-state index in [-0.39, 0.29) is 16.5 Å². The van der Waals surface area contributed by atoms with Gasteiger partial charge in [-0.15, -0.1) is 0 Å². The Kier molecular flexibility index (Phi) is 4.97. The van der Waals surface area contributed by atoms with E-state index in [2.05, 4.69) is 14.9 Å². The Labute approximate surface area is 155 Å². The number of phenolic OH excluding ortho intramolecular Hbond substituents is 1. The third-order valence-corrected chi connectivity index (χ3v) is 4.96. The van der Waals surface area contributed by atoms with Gasteiger partial charge in [-0.3, -0.25) is 9.71 Å². The van der Waals surface area contributed by atoms with E-state index in [0.29, 0.717) is 22.0 Å². The summed E-state index contributed by atoms with van der Waals surface area (Å²) in [7, 11) is -3.78. The average molecular weight is 392 g/mol. The van der Waals surface area contributed by atoms with Gasteiger partial charge in [0.2, 0.25) is 0 Å². The molecule has 7 nitrogen and oxygen atoms in total. The smallest absolute Gasteiger partial charge is 0.263 e. The van der Waals surface area contributed by atoms with Crippen LogP contribution in [0.2, 0.25) is 5.02 Å². The van der Waals surface area contributed by atoms with E-state index in [1.54, 1.807) is 31.2 Å². The highest BCUT2D eigenvalue weighted by atomic mass is 35.5. The van der Waals surface area contributed by atoms with Crippen molar-refractivity contribution in [2.24, 2.45) is 4.99 Å². The van der Waals surface area contributed by atoms with Gasteiger partial charge in [0.15, 0.2) is 5.82 Å². The largest absolute Gasteiger partial charge is 0.507 e. The number of hydrogen-bond acceptors (Lipinski definition) is 6. The molecule has 2 aromatic carbocycles. The van der Waals surface area contributed by atoms with E-state index in [9.17, 15) is 13.5 Å². The molecule has 0 unspecified atom stereocenters. The Morgan fingerprint density at radius 2 is 1.92 bits per heavy atom. The van der Waals surface area contributed by atoms with Gasteiger partial charge in [-0.2, -0.15) is 0 Å². The van der Waals surface area contributed by atoms with E-state index in [1.807, 2.05) is 0 Å². The quantitative estimate of drug-likeness (QED) is 0.642. The second kappa shape index (κ2) is 7.19. The second-order valence-corrected chi connectivity index (χ2v) is 7.50. The molecule has 0 amide bonds. The van der Waals surface area contributed by atoms with Crippen molar-refractivity contribution < 1.29 is 18.0 Å². The summed E-state index contributed by atoms with van der Waals surface area (Å²) in [5.74, 6) is 0.655. The summed E-state index contributed by atoms with van der Waals surface area (Å²) in [6, 6.07) is 12.0. The van der Waals surface area contributed by atoms with E-state index >= 15 is 0 Å². The molecule has 134 valence electrons. The lowest BCUT2D eigenvalue weighted by atomic mass is 10.2. The number of sulfonamides is 1. The minimum atomic E-state index is -3.78. The Balaban J connectivity index is 1.77. The average Bonchev–Trinajstić information content (AvgIpc) is 3.00. The van der Waals surface area contributed by atoms with Crippen molar-refractivity contribution in [1.29, 1.82) is 0 Å². The van der Waals surface area contributed by atoms with Crippen molar-refractivity contribution in [2.75, 3.05) is 4.72 Å².